The third-order valence-corrected chi connectivity index (χ3v) is 4.87. The first kappa shape index (κ1) is 22.1. The molecule has 0 aliphatic carbocycles. The number of hydrogen-bond acceptors (Lipinski definition) is 6. The first-order valence-corrected chi connectivity index (χ1v) is 10.3. The van der Waals surface area contributed by atoms with Gasteiger partial charge in [-0.3, -0.25) is 4.98 Å². The molecule has 1 unspecified atom stereocenters. The van der Waals surface area contributed by atoms with Crippen LogP contribution in [0.2, 0.25) is 0 Å². The largest absolute Gasteiger partial charge is 0.474 e. The van der Waals surface area contributed by atoms with Crippen LogP contribution < -0.4 is 10.1 Å². The van der Waals surface area contributed by atoms with Crippen molar-refractivity contribution >= 4 is 17.4 Å². The summed E-state index contributed by atoms with van der Waals surface area (Å²) in [5.41, 5.74) is -0.104. The molecule has 0 fully saturated rings. The molecule has 0 saturated carbocycles. The maximum Gasteiger partial charge on any atom is 0.408 e. The number of amides is 1. The molecule has 28 heavy (non-hydrogen) atoms. The number of carbonyl (C=O) groups excluding carboxylic acids is 1. The van der Waals surface area contributed by atoms with Gasteiger partial charge in [0.2, 0.25) is 5.88 Å². The molecule has 1 amide bonds. The molecule has 0 radical (unpaired) electrons. The lowest BCUT2D eigenvalue weighted by atomic mass is 9.91. The molecule has 2 rings (SSSR count). The van der Waals surface area contributed by atoms with E-state index in [1.807, 2.05) is 46.8 Å². The van der Waals surface area contributed by atoms with Gasteiger partial charge in [0, 0.05) is 18.0 Å². The van der Waals surface area contributed by atoms with Crippen molar-refractivity contribution in [1.82, 2.24) is 15.3 Å². The van der Waals surface area contributed by atoms with Gasteiger partial charge in [-0.05, 0) is 59.1 Å². The summed E-state index contributed by atoms with van der Waals surface area (Å²) in [5.74, 6) is 0.977. The van der Waals surface area contributed by atoms with Crippen LogP contribution in [0.25, 0.3) is 10.6 Å². The van der Waals surface area contributed by atoms with Gasteiger partial charge in [0.1, 0.15) is 17.2 Å². The van der Waals surface area contributed by atoms with Crippen LogP contribution in [0.15, 0.2) is 24.5 Å². The number of aromatic nitrogens is 2. The summed E-state index contributed by atoms with van der Waals surface area (Å²) < 4.78 is 11.5. The highest BCUT2D eigenvalue weighted by molar-refractivity contribution is 7.15. The topological polar surface area (TPSA) is 73.3 Å². The van der Waals surface area contributed by atoms with Crippen molar-refractivity contribution in [1.29, 1.82) is 0 Å². The Hall–Kier alpha value is -2.15. The van der Waals surface area contributed by atoms with Gasteiger partial charge >= 0.3 is 6.09 Å². The second-order valence-corrected chi connectivity index (χ2v) is 9.89. The number of nitrogens with zero attached hydrogens (tertiary/aromatic N) is 2. The van der Waals surface area contributed by atoms with Crippen LogP contribution in [0.5, 0.6) is 5.88 Å². The summed E-state index contributed by atoms with van der Waals surface area (Å²) in [5, 5.41) is 3.88. The lowest BCUT2D eigenvalue weighted by Crippen LogP contribution is -2.52. The Morgan fingerprint density at radius 2 is 1.86 bits per heavy atom. The third-order valence-electron chi connectivity index (χ3n) is 3.87. The van der Waals surface area contributed by atoms with Gasteiger partial charge < -0.3 is 14.8 Å². The number of carbonyl (C=O) groups is 1. The second-order valence-electron chi connectivity index (χ2n) is 8.69. The molecule has 1 N–H and O–H groups in total. The van der Waals surface area contributed by atoms with Crippen molar-refractivity contribution in [2.45, 2.75) is 66.0 Å². The average Bonchev–Trinajstić information content (AvgIpc) is 2.92. The number of hydrogen-bond donors (Lipinski definition) is 1. The number of aryl methyl sites for hydroxylation is 1. The molecule has 2 heterocycles. The summed E-state index contributed by atoms with van der Waals surface area (Å²) in [6, 6.07) is 3.85. The molecule has 154 valence electrons. The average molecular weight is 406 g/mol. The Balaban J connectivity index is 2.11. The number of rotatable bonds is 7. The lowest BCUT2D eigenvalue weighted by molar-refractivity contribution is 0.0406. The first-order valence-electron chi connectivity index (χ1n) is 9.49. The normalized spacial score (nSPS) is 13.9. The molecule has 0 aliphatic rings. The van der Waals surface area contributed by atoms with E-state index in [-0.39, 0.29) is 0 Å². The van der Waals surface area contributed by atoms with E-state index < -0.39 is 17.2 Å². The van der Waals surface area contributed by atoms with E-state index in [9.17, 15) is 4.79 Å². The van der Waals surface area contributed by atoms with Gasteiger partial charge in [-0.2, -0.15) is 0 Å². The van der Waals surface area contributed by atoms with Crippen LogP contribution in [0.1, 0.15) is 52.8 Å². The van der Waals surface area contributed by atoms with Crippen LogP contribution >= 0.6 is 11.3 Å². The van der Waals surface area contributed by atoms with Crippen LogP contribution in [0.4, 0.5) is 4.79 Å². The van der Waals surface area contributed by atoms with E-state index in [1.165, 1.54) is 0 Å². The first-order chi connectivity index (χ1) is 13.0. The van der Waals surface area contributed by atoms with E-state index in [4.69, 9.17) is 9.47 Å². The zero-order chi connectivity index (χ0) is 20.9. The van der Waals surface area contributed by atoms with Gasteiger partial charge in [-0.25, -0.2) is 9.78 Å². The molecule has 1 atom stereocenters. The van der Waals surface area contributed by atoms with E-state index in [2.05, 4.69) is 29.1 Å². The smallest absolute Gasteiger partial charge is 0.408 e. The zero-order valence-corrected chi connectivity index (χ0v) is 18.6. The molecular weight excluding hydrogens is 374 g/mol. The summed E-state index contributed by atoms with van der Waals surface area (Å²) in [6.45, 7) is 14.0. The van der Waals surface area contributed by atoms with Gasteiger partial charge in [-0.15, -0.1) is 11.3 Å². The van der Waals surface area contributed by atoms with Crippen molar-refractivity contribution < 1.29 is 14.3 Å². The Labute approximate surface area is 171 Å². The fourth-order valence-corrected chi connectivity index (χ4v) is 3.82. The molecule has 7 heteroatoms. The van der Waals surface area contributed by atoms with Gasteiger partial charge in [0.25, 0.3) is 0 Å². The SMILES string of the molecule is Cc1sc(-c2ccncc2)nc1OCC(C)(CC(C)C)NC(=O)OC(C)(C)C. The second kappa shape index (κ2) is 8.90. The monoisotopic (exact) mass is 405 g/mol. The maximum atomic E-state index is 12.3. The molecule has 0 spiro atoms. The van der Waals surface area contributed by atoms with Crippen molar-refractivity contribution in [3.05, 3.63) is 29.4 Å². The molecule has 0 aliphatic heterocycles. The summed E-state index contributed by atoms with van der Waals surface area (Å²) in [6.07, 6.45) is 3.81. The standard InChI is InChI=1S/C21H31N3O3S/c1-14(2)12-21(7,24-19(25)27-20(4,5)6)13-26-17-15(3)28-18(23-17)16-8-10-22-11-9-16/h8-11,14H,12-13H2,1-7H3,(H,24,25). The third kappa shape index (κ3) is 6.78. The van der Waals surface area contributed by atoms with Crippen molar-refractivity contribution in [2.24, 2.45) is 5.92 Å². The van der Waals surface area contributed by atoms with Gasteiger partial charge in [0.15, 0.2) is 0 Å². The highest BCUT2D eigenvalue weighted by Gasteiger charge is 2.31. The van der Waals surface area contributed by atoms with E-state index >= 15 is 0 Å². The molecule has 0 aromatic carbocycles. The van der Waals surface area contributed by atoms with Crippen LogP contribution in [-0.4, -0.2) is 33.8 Å². The van der Waals surface area contributed by atoms with Gasteiger partial charge in [-0.1, -0.05) is 13.8 Å². The summed E-state index contributed by atoms with van der Waals surface area (Å²) in [4.78, 5) is 22.0. The zero-order valence-electron chi connectivity index (χ0n) is 17.8. The van der Waals surface area contributed by atoms with Gasteiger partial charge in [0.05, 0.1) is 10.4 Å². The van der Waals surface area contributed by atoms with Crippen molar-refractivity contribution in [3.63, 3.8) is 0 Å². The lowest BCUT2D eigenvalue weighted by Gasteiger charge is -2.33. The number of thiazole rings is 1. The minimum atomic E-state index is -0.566. The Morgan fingerprint density at radius 1 is 1.21 bits per heavy atom. The molecule has 0 bridgehead atoms. The van der Waals surface area contributed by atoms with Crippen molar-refractivity contribution in [3.8, 4) is 16.5 Å². The number of ether oxygens (including phenoxy) is 2. The molecule has 2 aromatic heterocycles. The van der Waals surface area contributed by atoms with Crippen molar-refractivity contribution in [2.75, 3.05) is 6.61 Å². The number of nitrogens with one attached hydrogen (secondary N) is 1. The minimum absolute atomic E-state index is 0.310. The maximum absolute atomic E-state index is 12.3. The van der Waals surface area contributed by atoms with Crippen LogP contribution in [-0.2, 0) is 4.74 Å². The fourth-order valence-electron chi connectivity index (χ4n) is 2.96. The van der Waals surface area contributed by atoms with Crippen LogP contribution in [0, 0.1) is 12.8 Å². The predicted molar refractivity (Wildman–Crippen MR) is 113 cm³/mol. The fraction of sp³-hybridized carbons (Fsp3) is 0.571. The minimum Gasteiger partial charge on any atom is -0.474 e. The number of alkyl carbamates (subject to hydrolysis) is 1. The summed E-state index contributed by atoms with van der Waals surface area (Å²) in [7, 11) is 0. The van der Waals surface area contributed by atoms with E-state index in [1.54, 1.807) is 23.7 Å². The van der Waals surface area contributed by atoms with E-state index in [0.29, 0.717) is 18.4 Å². The Morgan fingerprint density at radius 3 is 2.43 bits per heavy atom. The number of pyridine rings is 1. The highest BCUT2D eigenvalue weighted by Crippen LogP contribution is 2.32. The highest BCUT2D eigenvalue weighted by atomic mass is 32.1. The molecule has 2 aromatic rings. The Kier molecular flexibility index (Phi) is 7.04. The Bertz CT molecular complexity index is 784. The molecular formula is C21H31N3O3S. The van der Waals surface area contributed by atoms with Crippen LogP contribution in [0.3, 0.4) is 0 Å². The molecule has 0 saturated heterocycles. The predicted octanol–water partition coefficient (Wildman–Crippen LogP) is 5.22. The summed E-state index contributed by atoms with van der Waals surface area (Å²) >= 11 is 1.58. The molecule has 6 nitrogen and oxygen atoms in total. The quantitative estimate of drug-likeness (QED) is 0.683. The van der Waals surface area contributed by atoms with E-state index in [0.717, 1.165) is 21.9 Å².